The molecule has 0 fully saturated rings. The van der Waals surface area contributed by atoms with Gasteiger partial charge in [-0.25, -0.2) is 13.1 Å². The van der Waals surface area contributed by atoms with Crippen molar-refractivity contribution in [1.82, 2.24) is 4.72 Å². The Kier molecular flexibility index (Phi) is 5.21. The predicted octanol–water partition coefficient (Wildman–Crippen LogP) is 2.93. The monoisotopic (exact) mass is 319 g/mol. The summed E-state index contributed by atoms with van der Waals surface area (Å²) in [5.74, 6) is 0.786. The third-order valence-electron chi connectivity index (χ3n) is 3.43. The van der Waals surface area contributed by atoms with E-state index in [1.807, 2.05) is 56.3 Å². The zero-order valence-electron chi connectivity index (χ0n) is 13.1. The standard InChI is InChI=1S/C17H21NO3S/c1-13-4-6-15(7-5-13)12-22(19,20)18-11-16-8-9-17(21-3)14(2)10-16/h4-10,18H,11-12H2,1-3H3. The van der Waals surface area contributed by atoms with Crippen LogP contribution in [-0.2, 0) is 22.3 Å². The lowest BCUT2D eigenvalue weighted by atomic mass is 10.1. The van der Waals surface area contributed by atoms with Gasteiger partial charge in [-0.2, -0.15) is 0 Å². The zero-order chi connectivity index (χ0) is 16.2. The number of sulfonamides is 1. The maximum absolute atomic E-state index is 12.1. The van der Waals surface area contributed by atoms with Crippen LogP contribution in [0.2, 0.25) is 0 Å². The van der Waals surface area contributed by atoms with E-state index in [9.17, 15) is 8.42 Å². The van der Waals surface area contributed by atoms with Crippen LogP contribution in [0.4, 0.5) is 0 Å². The molecule has 118 valence electrons. The first-order chi connectivity index (χ1) is 10.4. The highest BCUT2D eigenvalue weighted by Crippen LogP contribution is 2.18. The van der Waals surface area contributed by atoms with Crippen LogP contribution in [0, 0.1) is 13.8 Å². The molecule has 2 aromatic carbocycles. The van der Waals surface area contributed by atoms with Crippen LogP contribution in [0.1, 0.15) is 22.3 Å². The first-order valence-electron chi connectivity index (χ1n) is 7.06. The first-order valence-corrected chi connectivity index (χ1v) is 8.71. The van der Waals surface area contributed by atoms with E-state index in [4.69, 9.17) is 4.74 Å². The second kappa shape index (κ2) is 6.94. The lowest BCUT2D eigenvalue weighted by molar-refractivity contribution is 0.411. The van der Waals surface area contributed by atoms with E-state index in [0.29, 0.717) is 0 Å². The average Bonchev–Trinajstić information content (AvgIpc) is 2.48. The van der Waals surface area contributed by atoms with Crippen molar-refractivity contribution >= 4 is 10.0 Å². The van der Waals surface area contributed by atoms with Crippen LogP contribution in [0.5, 0.6) is 5.75 Å². The molecule has 0 radical (unpaired) electrons. The Morgan fingerprint density at radius 2 is 1.64 bits per heavy atom. The Morgan fingerprint density at radius 1 is 1.00 bits per heavy atom. The summed E-state index contributed by atoms with van der Waals surface area (Å²) in [5.41, 5.74) is 3.79. The van der Waals surface area contributed by atoms with Crippen molar-refractivity contribution in [2.75, 3.05) is 7.11 Å². The van der Waals surface area contributed by atoms with Crippen molar-refractivity contribution in [2.24, 2.45) is 0 Å². The number of hydrogen-bond acceptors (Lipinski definition) is 3. The van der Waals surface area contributed by atoms with Gasteiger partial charge in [-0.3, -0.25) is 0 Å². The summed E-state index contributed by atoms with van der Waals surface area (Å²) in [5, 5.41) is 0. The largest absolute Gasteiger partial charge is 0.496 e. The van der Waals surface area contributed by atoms with Crippen molar-refractivity contribution in [1.29, 1.82) is 0 Å². The summed E-state index contributed by atoms with van der Waals surface area (Å²) < 4.78 is 32.1. The highest BCUT2D eigenvalue weighted by atomic mass is 32.2. The Bertz CT molecular complexity index is 737. The van der Waals surface area contributed by atoms with E-state index < -0.39 is 10.0 Å². The molecule has 0 amide bonds. The quantitative estimate of drug-likeness (QED) is 0.890. The molecule has 0 bridgehead atoms. The summed E-state index contributed by atoms with van der Waals surface area (Å²) in [7, 11) is -1.74. The third kappa shape index (κ3) is 4.58. The van der Waals surface area contributed by atoms with Gasteiger partial charge < -0.3 is 4.74 Å². The lowest BCUT2D eigenvalue weighted by Gasteiger charge is -2.09. The van der Waals surface area contributed by atoms with Gasteiger partial charge in [0.05, 0.1) is 12.9 Å². The molecule has 0 aliphatic rings. The molecular weight excluding hydrogens is 298 g/mol. The van der Waals surface area contributed by atoms with Crippen LogP contribution in [0.3, 0.4) is 0 Å². The molecule has 5 heteroatoms. The third-order valence-corrected chi connectivity index (χ3v) is 4.73. The van der Waals surface area contributed by atoms with E-state index in [1.165, 1.54) is 0 Å². The number of benzene rings is 2. The average molecular weight is 319 g/mol. The fourth-order valence-electron chi connectivity index (χ4n) is 2.20. The van der Waals surface area contributed by atoms with Gasteiger partial charge in [-0.15, -0.1) is 0 Å². The van der Waals surface area contributed by atoms with Crippen LogP contribution < -0.4 is 9.46 Å². The second-order valence-electron chi connectivity index (χ2n) is 5.37. The van der Waals surface area contributed by atoms with E-state index in [1.54, 1.807) is 7.11 Å². The molecule has 0 saturated heterocycles. The molecule has 0 atom stereocenters. The Hall–Kier alpha value is -1.85. The van der Waals surface area contributed by atoms with Crippen LogP contribution >= 0.6 is 0 Å². The Morgan fingerprint density at radius 3 is 2.23 bits per heavy atom. The molecule has 0 heterocycles. The van der Waals surface area contributed by atoms with Gasteiger partial charge in [0, 0.05) is 6.54 Å². The van der Waals surface area contributed by atoms with E-state index in [0.717, 1.165) is 28.0 Å². The van der Waals surface area contributed by atoms with Crippen molar-refractivity contribution < 1.29 is 13.2 Å². The minimum atomic E-state index is -3.36. The molecule has 2 aromatic rings. The van der Waals surface area contributed by atoms with Crippen LogP contribution in [0.15, 0.2) is 42.5 Å². The molecule has 0 unspecified atom stereocenters. The minimum Gasteiger partial charge on any atom is -0.496 e. The molecule has 0 aliphatic carbocycles. The van der Waals surface area contributed by atoms with Gasteiger partial charge in [-0.1, -0.05) is 42.0 Å². The van der Waals surface area contributed by atoms with Crippen LogP contribution in [-0.4, -0.2) is 15.5 Å². The van der Waals surface area contributed by atoms with Crippen LogP contribution in [0.25, 0.3) is 0 Å². The van der Waals surface area contributed by atoms with Gasteiger partial charge in [0.2, 0.25) is 10.0 Å². The molecule has 0 spiro atoms. The summed E-state index contributed by atoms with van der Waals surface area (Å²) in [6, 6.07) is 13.1. The van der Waals surface area contributed by atoms with E-state index in [2.05, 4.69) is 4.72 Å². The van der Waals surface area contributed by atoms with Gasteiger partial charge in [0.1, 0.15) is 5.75 Å². The van der Waals surface area contributed by atoms with Gasteiger partial charge in [0.25, 0.3) is 0 Å². The predicted molar refractivity (Wildman–Crippen MR) is 88.4 cm³/mol. The minimum absolute atomic E-state index is 0.0115. The van der Waals surface area contributed by atoms with E-state index >= 15 is 0 Å². The highest BCUT2D eigenvalue weighted by molar-refractivity contribution is 7.88. The smallest absolute Gasteiger partial charge is 0.216 e. The number of nitrogens with one attached hydrogen (secondary N) is 1. The SMILES string of the molecule is COc1ccc(CNS(=O)(=O)Cc2ccc(C)cc2)cc1C. The number of rotatable bonds is 6. The molecule has 0 aromatic heterocycles. The summed E-state index contributed by atoms with van der Waals surface area (Å²) in [4.78, 5) is 0. The summed E-state index contributed by atoms with van der Waals surface area (Å²) >= 11 is 0. The Balaban J connectivity index is 2.00. The Labute approximate surface area is 132 Å². The fourth-order valence-corrected chi connectivity index (χ4v) is 3.32. The van der Waals surface area contributed by atoms with Gasteiger partial charge in [-0.05, 0) is 36.6 Å². The molecule has 1 N–H and O–H groups in total. The zero-order valence-corrected chi connectivity index (χ0v) is 13.9. The maximum Gasteiger partial charge on any atom is 0.216 e. The number of ether oxygens (including phenoxy) is 1. The fraction of sp³-hybridized carbons (Fsp3) is 0.294. The molecule has 22 heavy (non-hydrogen) atoms. The molecule has 0 aliphatic heterocycles. The first kappa shape index (κ1) is 16.5. The normalized spacial score (nSPS) is 11.4. The van der Waals surface area contributed by atoms with Gasteiger partial charge >= 0.3 is 0 Å². The van der Waals surface area contributed by atoms with Crippen molar-refractivity contribution in [3.05, 3.63) is 64.7 Å². The van der Waals surface area contributed by atoms with Crippen molar-refractivity contribution in [2.45, 2.75) is 26.1 Å². The second-order valence-corrected chi connectivity index (χ2v) is 7.18. The number of methoxy groups -OCH3 is 1. The topological polar surface area (TPSA) is 55.4 Å². The maximum atomic E-state index is 12.1. The molecule has 2 rings (SSSR count). The highest BCUT2D eigenvalue weighted by Gasteiger charge is 2.11. The molecule has 4 nitrogen and oxygen atoms in total. The molecular formula is C17H21NO3S. The van der Waals surface area contributed by atoms with Gasteiger partial charge in [0.15, 0.2) is 0 Å². The summed E-state index contributed by atoms with van der Waals surface area (Å²) in [6.07, 6.45) is 0. The van der Waals surface area contributed by atoms with Crippen molar-refractivity contribution in [3.8, 4) is 5.75 Å². The lowest BCUT2D eigenvalue weighted by Crippen LogP contribution is -2.24. The molecule has 0 saturated carbocycles. The number of hydrogen-bond donors (Lipinski definition) is 1. The number of aryl methyl sites for hydroxylation is 2. The summed E-state index contributed by atoms with van der Waals surface area (Å²) in [6.45, 7) is 4.19. The van der Waals surface area contributed by atoms with Crippen molar-refractivity contribution in [3.63, 3.8) is 0 Å². The van der Waals surface area contributed by atoms with E-state index in [-0.39, 0.29) is 12.3 Å².